The first-order valence-electron chi connectivity index (χ1n) is 10.00. The maximum atomic E-state index is 13.0. The monoisotopic (exact) mass is 453 g/mol. The highest BCUT2D eigenvalue weighted by molar-refractivity contribution is 6.12. The van der Waals surface area contributed by atoms with Crippen LogP contribution in [0.15, 0.2) is 78.9 Å². The highest BCUT2D eigenvalue weighted by Gasteiger charge is 2.25. The lowest BCUT2D eigenvalue weighted by atomic mass is 10.0. The second-order valence-electron chi connectivity index (χ2n) is 7.06. The second kappa shape index (κ2) is 10.5. The number of carbonyl (C=O) groups is 3. The molecule has 1 unspecified atom stereocenters. The molecule has 33 heavy (non-hydrogen) atoms. The topological polar surface area (TPSA) is 72.9 Å². The Bertz CT molecular complexity index is 1130. The molecule has 1 atom stereocenters. The second-order valence-corrected chi connectivity index (χ2v) is 7.06. The maximum Gasteiger partial charge on any atom is 0.387 e. The minimum atomic E-state index is -2.98. The van der Waals surface area contributed by atoms with Crippen molar-refractivity contribution < 1.29 is 32.6 Å². The van der Waals surface area contributed by atoms with E-state index < -0.39 is 30.4 Å². The van der Waals surface area contributed by atoms with E-state index >= 15 is 0 Å². The van der Waals surface area contributed by atoms with Crippen LogP contribution in [0.4, 0.5) is 14.5 Å². The molecule has 3 aromatic rings. The van der Waals surface area contributed by atoms with Gasteiger partial charge in [-0.2, -0.15) is 8.78 Å². The predicted molar refractivity (Wildman–Crippen MR) is 118 cm³/mol. The molecular weight excluding hydrogens is 432 g/mol. The largest absolute Gasteiger partial charge is 0.451 e. The number of anilines is 1. The number of ketones is 1. The molecule has 0 N–H and O–H groups in total. The van der Waals surface area contributed by atoms with Crippen molar-refractivity contribution in [3.63, 3.8) is 0 Å². The molecule has 0 spiro atoms. The summed E-state index contributed by atoms with van der Waals surface area (Å²) >= 11 is 0. The molecule has 0 aromatic heterocycles. The number of halogens is 2. The Labute approximate surface area is 189 Å². The van der Waals surface area contributed by atoms with Crippen molar-refractivity contribution in [2.75, 3.05) is 11.9 Å². The third-order valence-corrected chi connectivity index (χ3v) is 4.84. The summed E-state index contributed by atoms with van der Waals surface area (Å²) in [5, 5.41) is 0. The summed E-state index contributed by atoms with van der Waals surface area (Å²) < 4.78 is 34.1. The van der Waals surface area contributed by atoms with Crippen LogP contribution in [0.5, 0.6) is 5.75 Å². The third-order valence-electron chi connectivity index (χ3n) is 4.84. The van der Waals surface area contributed by atoms with Crippen molar-refractivity contribution in [2.45, 2.75) is 19.6 Å². The van der Waals surface area contributed by atoms with E-state index in [4.69, 9.17) is 4.74 Å². The molecule has 8 heteroatoms. The Morgan fingerprint density at radius 3 is 2.00 bits per heavy atom. The molecule has 1 amide bonds. The van der Waals surface area contributed by atoms with Crippen LogP contribution in [-0.2, 0) is 4.74 Å². The standard InChI is InChI=1S/C25H21F2NO5/c1-16(22(29)17-12-14-19(15-13-17)33-25(26)27)32-24(31)21-11-7-6-10-20(21)23(30)28(2)18-8-4-3-5-9-18/h3-16,25H,1-2H3. The molecule has 0 saturated carbocycles. The smallest absolute Gasteiger partial charge is 0.387 e. The highest BCUT2D eigenvalue weighted by atomic mass is 19.3. The Morgan fingerprint density at radius 2 is 1.39 bits per heavy atom. The zero-order valence-corrected chi connectivity index (χ0v) is 17.9. The number of Topliss-reactive ketones (excluding diaryl/α,β-unsaturated/α-hetero) is 1. The van der Waals surface area contributed by atoms with E-state index in [9.17, 15) is 23.2 Å². The molecule has 0 aliphatic heterocycles. The predicted octanol–water partition coefficient (Wildman–Crippen LogP) is 4.99. The summed E-state index contributed by atoms with van der Waals surface area (Å²) in [6.45, 7) is -1.58. The van der Waals surface area contributed by atoms with Gasteiger partial charge in [-0.25, -0.2) is 4.79 Å². The van der Waals surface area contributed by atoms with Gasteiger partial charge in [0.1, 0.15) is 5.75 Å². The number of para-hydroxylation sites is 1. The quantitative estimate of drug-likeness (QED) is 0.355. The average molecular weight is 453 g/mol. The summed E-state index contributed by atoms with van der Waals surface area (Å²) in [5.41, 5.74) is 0.950. The van der Waals surface area contributed by atoms with E-state index in [0.29, 0.717) is 5.69 Å². The molecule has 0 bridgehead atoms. The lowest BCUT2D eigenvalue weighted by molar-refractivity contribution is -0.0498. The van der Waals surface area contributed by atoms with Crippen LogP contribution in [0, 0.1) is 0 Å². The zero-order valence-electron chi connectivity index (χ0n) is 17.9. The molecular formula is C25H21F2NO5. The fourth-order valence-electron chi connectivity index (χ4n) is 3.11. The van der Waals surface area contributed by atoms with Crippen LogP contribution in [0.25, 0.3) is 0 Å². The molecule has 170 valence electrons. The van der Waals surface area contributed by atoms with E-state index in [1.165, 1.54) is 48.2 Å². The number of carbonyl (C=O) groups excluding carboxylic acids is 3. The first-order chi connectivity index (χ1) is 15.8. The third kappa shape index (κ3) is 5.79. The van der Waals surface area contributed by atoms with Crippen LogP contribution >= 0.6 is 0 Å². The van der Waals surface area contributed by atoms with E-state index in [-0.39, 0.29) is 22.4 Å². The van der Waals surface area contributed by atoms with Crippen LogP contribution in [-0.4, -0.2) is 37.4 Å². The normalized spacial score (nSPS) is 11.5. The van der Waals surface area contributed by atoms with Gasteiger partial charge in [-0.3, -0.25) is 9.59 Å². The highest BCUT2D eigenvalue weighted by Crippen LogP contribution is 2.20. The summed E-state index contributed by atoms with van der Waals surface area (Å²) in [6.07, 6.45) is -1.17. The van der Waals surface area contributed by atoms with Gasteiger partial charge in [-0.05, 0) is 55.5 Å². The number of amides is 1. The minimum Gasteiger partial charge on any atom is -0.451 e. The number of benzene rings is 3. The molecule has 0 radical (unpaired) electrons. The van der Waals surface area contributed by atoms with Gasteiger partial charge in [0.2, 0.25) is 5.78 Å². The minimum absolute atomic E-state index is 0.0191. The molecule has 0 heterocycles. The fourth-order valence-corrected chi connectivity index (χ4v) is 3.11. The number of nitrogens with zero attached hydrogens (tertiary/aromatic N) is 1. The lowest BCUT2D eigenvalue weighted by Crippen LogP contribution is -2.29. The van der Waals surface area contributed by atoms with Crippen LogP contribution in [0.3, 0.4) is 0 Å². The molecule has 0 fully saturated rings. The van der Waals surface area contributed by atoms with Gasteiger partial charge >= 0.3 is 12.6 Å². The summed E-state index contributed by atoms with van der Waals surface area (Å²) in [6, 6.07) is 20.1. The van der Waals surface area contributed by atoms with Gasteiger partial charge in [-0.15, -0.1) is 0 Å². The van der Waals surface area contributed by atoms with Crippen molar-refractivity contribution in [3.05, 3.63) is 95.6 Å². The van der Waals surface area contributed by atoms with E-state index in [2.05, 4.69) is 4.74 Å². The Kier molecular flexibility index (Phi) is 7.50. The first-order valence-corrected chi connectivity index (χ1v) is 10.00. The molecule has 0 aliphatic carbocycles. The first kappa shape index (κ1) is 23.6. The summed E-state index contributed by atoms with van der Waals surface area (Å²) in [7, 11) is 1.59. The lowest BCUT2D eigenvalue weighted by Gasteiger charge is -2.19. The Hall–Kier alpha value is -4.07. The Morgan fingerprint density at radius 1 is 0.818 bits per heavy atom. The van der Waals surface area contributed by atoms with Crippen molar-refractivity contribution >= 4 is 23.3 Å². The summed E-state index contributed by atoms with van der Waals surface area (Å²) in [5.74, 6) is -1.88. The van der Waals surface area contributed by atoms with Gasteiger partial charge < -0.3 is 14.4 Å². The molecule has 0 saturated heterocycles. The van der Waals surface area contributed by atoms with Crippen molar-refractivity contribution in [1.82, 2.24) is 0 Å². The van der Waals surface area contributed by atoms with Crippen molar-refractivity contribution in [1.29, 1.82) is 0 Å². The number of hydrogen-bond acceptors (Lipinski definition) is 5. The fraction of sp³-hybridized carbons (Fsp3) is 0.160. The Balaban J connectivity index is 1.74. The summed E-state index contributed by atoms with van der Waals surface area (Å²) in [4.78, 5) is 39.8. The number of alkyl halides is 2. The molecule has 6 nitrogen and oxygen atoms in total. The van der Waals surface area contributed by atoms with Crippen LogP contribution in [0.2, 0.25) is 0 Å². The van der Waals surface area contributed by atoms with E-state index in [1.54, 1.807) is 43.4 Å². The maximum absolute atomic E-state index is 13.0. The number of hydrogen-bond donors (Lipinski definition) is 0. The van der Waals surface area contributed by atoms with Crippen molar-refractivity contribution in [3.8, 4) is 5.75 Å². The van der Waals surface area contributed by atoms with Gasteiger partial charge in [0.05, 0.1) is 11.1 Å². The van der Waals surface area contributed by atoms with Gasteiger partial charge in [0.25, 0.3) is 5.91 Å². The SMILES string of the molecule is CC(OC(=O)c1ccccc1C(=O)N(C)c1ccccc1)C(=O)c1ccc(OC(F)F)cc1. The van der Waals surface area contributed by atoms with Crippen LogP contribution in [0.1, 0.15) is 38.0 Å². The van der Waals surface area contributed by atoms with E-state index in [0.717, 1.165) is 0 Å². The number of ether oxygens (including phenoxy) is 2. The molecule has 3 rings (SSSR count). The molecule has 3 aromatic carbocycles. The van der Waals surface area contributed by atoms with Gasteiger partial charge in [0.15, 0.2) is 6.10 Å². The zero-order chi connectivity index (χ0) is 24.0. The number of esters is 1. The van der Waals surface area contributed by atoms with E-state index in [1.807, 2.05) is 6.07 Å². The van der Waals surface area contributed by atoms with Crippen LogP contribution < -0.4 is 9.64 Å². The average Bonchev–Trinajstić information content (AvgIpc) is 2.83. The molecule has 0 aliphatic rings. The van der Waals surface area contributed by atoms with Gasteiger partial charge in [0, 0.05) is 18.3 Å². The van der Waals surface area contributed by atoms with Crippen molar-refractivity contribution in [2.24, 2.45) is 0 Å². The van der Waals surface area contributed by atoms with Gasteiger partial charge in [-0.1, -0.05) is 30.3 Å². The number of rotatable bonds is 8.